The van der Waals surface area contributed by atoms with Crippen LogP contribution >= 0.6 is 0 Å². The summed E-state index contributed by atoms with van der Waals surface area (Å²) in [5.41, 5.74) is 9.39. The second-order valence-corrected chi connectivity index (χ2v) is 6.78. The molecule has 3 amide bonds. The first-order valence-electron chi connectivity index (χ1n) is 9.00. The molecule has 7 nitrogen and oxygen atoms in total. The van der Waals surface area contributed by atoms with Gasteiger partial charge in [-0.05, 0) is 37.1 Å². The summed E-state index contributed by atoms with van der Waals surface area (Å²) in [5, 5.41) is 2.56. The normalized spacial score (nSPS) is 16.6. The molecule has 1 unspecified atom stereocenters. The fourth-order valence-corrected chi connectivity index (χ4v) is 3.48. The minimum Gasteiger partial charge on any atom is -0.398 e. The number of rotatable bonds is 4. The minimum absolute atomic E-state index is 0.170. The molecule has 0 aliphatic carbocycles. The maximum absolute atomic E-state index is 13.3. The first-order chi connectivity index (χ1) is 13.4. The summed E-state index contributed by atoms with van der Waals surface area (Å²) in [4.78, 5) is 39.4. The molecule has 1 aliphatic rings. The topological polar surface area (TPSA) is 102 Å². The zero-order valence-electron chi connectivity index (χ0n) is 16.1. The molecule has 0 fully saturated rings. The maximum atomic E-state index is 13.3. The van der Waals surface area contributed by atoms with Crippen molar-refractivity contribution in [1.82, 2.24) is 5.32 Å². The van der Waals surface area contributed by atoms with Crippen LogP contribution in [0, 0.1) is 0 Å². The molecule has 2 atom stereocenters. The van der Waals surface area contributed by atoms with E-state index in [0.29, 0.717) is 16.9 Å². The van der Waals surface area contributed by atoms with E-state index in [1.165, 1.54) is 14.0 Å². The molecule has 3 N–H and O–H groups in total. The van der Waals surface area contributed by atoms with Crippen LogP contribution in [0.15, 0.2) is 42.5 Å². The second kappa shape index (κ2) is 7.82. The van der Waals surface area contributed by atoms with E-state index in [9.17, 15) is 14.4 Å². The summed E-state index contributed by atoms with van der Waals surface area (Å²) in [6.07, 6.45) is 0. The van der Waals surface area contributed by atoms with Crippen LogP contribution < -0.4 is 16.0 Å². The van der Waals surface area contributed by atoms with E-state index in [0.717, 1.165) is 16.0 Å². The first-order valence-corrected chi connectivity index (χ1v) is 9.00. The number of nitrogen functional groups attached to an aromatic ring is 1. The van der Waals surface area contributed by atoms with Crippen LogP contribution in [0.1, 0.15) is 25.3 Å². The second-order valence-electron chi connectivity index (χ2n) is 6.78. The van der Waals surface area contributed by atoms with Crippen molar-refractivity contribution in [2.24, 2.45) is 0 Å². The Bertz CT molecular complexity index is 941. The van der Waals surface area contributed by atoms with Gasteiger partial charge in [0.05, 0.1) is 11.6 Å². The third-order valence-corrected chi connectivity index (χ3v) is 4.85. The molecule has 2 aromatic carbocycles. The molecule has 1 heterocycles. The van der Waals surface area contributed by atoms with E-state index in [4.69, 9.17) is 10.5 Å². The highest BCUT2D eigenvalue weighted by Crippen LogP contribution is 2.43. The lowest BCUT2D eigenvalue weighted by atomic mass is 9.92. The number of ether oxygens (including phenoxy) is 1. The van der Waals surface area contributed by atoms with Gasteiger partial charge in [-0.2, -0.15) is 0 Å². The van der Waals surface area contributed by atoms with Crippen LogP contribution in [0.2, 0.25) is 0 Å². The highest BCUT2D eigenvalue weighted by atomic mass is 16.5. The quantitative estimate of drug-likeness (QED) is 0.790. The summed E-state index contributed by atoms with van der Waals surface area (Å²) < 4.78 is 4.78. The largest absolute Gasteiger partial charge is 0.398 e. The Morgan fingerprint density at radius 3 is 2.64 bits per heavy atom. The highest BCUT2D eigenvalue weighted by molar-refractivity contribution is 6.22. The zero-order valence-corrected chi connectivity index (χ0v) is 16.1. The Hall–Kier alpha value is -3.19. The van der Waals surface area contributed by atoms with Crippen molar-refractivity contribution < 1.29 is 19.1 Å². The van der Waals surface area contributed by atoms with Crippen LogP contribution in [-0.4, -0.2) is 37.5 Å². The van der Waals surface area contributed by atoms with E-state index >= 15 is 0 Å². The van der Waals surface area contributed by atoms with E-state index < -0.39 is 23.8 Å². The van der Waals surface area contributed by atoms with Crippen LogP contribution in [-0.2, 0) is 19.1 Å². The Kier molecular flexibility index (Phi) is 5.46. The fourth-order valence-electron chi connectivity index (χ4n) is 3.48. The molecule has 0 aromatic heterocycles. The van der Waals surface area contributed by atoms with Crippen LogP contribution in [0.5, 0.6) is 0 Å². The van der Waals surface area contributed by atoms with Crippen LogP contribution in [0.4, 0.5) is 11.4 Å². The van der Waals surface area contributed by atoms with Gasteiger partial charge in [0.25, 0.3) is 5.91 Å². The Labute approximate surface area is 163 Å². The standard InChI is InChI=1S/C21H23N3O4/c1-12-14-7-4-5-8-15(14)19-16(22)9-6-10-17(19)24(20(12)26)21(27)13(2)23-18(25)11-28-3/h4-10,12-13H,11,22H2,1-3H3,(H,23,25)/t12?,13-/m0/s1. The summed E-state index contributed by atoms with van der Waals surface area (Å²) >= 11 is 0. The molecule has 0 radical (unpaired) electrons. The van der Waals surface area contributed by atoms with E-state index in [2.05, 4.69) is 5.32 Å². The van der Waals surface area contributed by atoms with Crippen molar-refractivity contribution in [3.8, 4) is 11.1 Å². The monoisotopic (exact) mass is 381 g/mol. The Morgan fingerprint density at radius 2 is 1.93 bits per heavy atom. The third kappa shape index (κ3) is 3.36. The summed E-state index contributed by atoms with van der Waals surface area (Å²) in [6, 6.07) is 11.7. The zero-order chi connectivity index (χ0) is 20.4. The number of hydrogen-bond acceptors (Lipinski definition) is 5. The van der Waals surface area contributed by atoms with E-state index in [1.807, 2.05) is 24.3 Å². The van der Waals surface area contributed by atoms with Gasteiger partial charge in [-0.25, -0.2) is 4.90 Å². The van der Waals surface area contributed by atoms with Gasteiger partial charge in [-0.1, -0.05) is 30.3 Å². The van der Waals surface area contributed by atoms with Gasteiger partial charge in [0, 0.05) is 18.4 Å². The van der Waals surface area contributed by atoms with E-state index in [1.54, 1.807) is 25.1 Å². The molecule has 0 spiro atoms. The van der Waals surface area contributed by atoms with Gasteiger partial charge < -0.3 is 15.8 Å². The van der Waals surface area contributed by atoms with Crippen molar-refractivity contribution in [2.45, 2.75) is 25.8 Å². The molecule has 0 saturated carbocycles. The number of carbonyl (C=O) groups excluding carboxylic acids is 3. The van der Waals surface area contributed by atoms with Crippen LogP contribution in [0.25, 0.3) is 11.1 Å². The molecule has 0 saturated heterocycles. The molecule has 146 valence electrons. The maximum Gasteiger partial charge on any atom is 0.256 e. The molecule has 28 heavy (non-hydrogen) atoms. The number of benzene rings is 2. The smallest absolute Gasteiger partial charge is 0.256 e. The number of amides is 3. The Balaban J connectivity index is 2.11. The molecule has 0 bridgehead atoms. The van der Waals surface area contributed by atoms with Gasteiger partial charge in [0.1, 0.15) is 12.6 Å². The van der Waals surface area contributed by atoms with Gasteiger partial charge in [0.15, 0.2) is 0 Å². The number of nitrogens with one attached hydrogen (secondary N) is 1. The number of imide groups is 1. The third-order valence-electron chi connectivity index (χ3n) is 4.85. The average molecular weight is 381 g/mol. The molecule has 3 rings (SSSR count). The molecular formula is C21H23N3O4. The lowest BCUT2D eigenvalue weighted by Crippen LogP contribution is -2.50. The Morgan fingerprint density at radius 1 is 1.21 bits per heavy atom. The number of nitrogens with two attached hydrogens (primary N) is 1. The number of nitrogens with zero attached hydrogens (tertiary/aromatic N) is 1. The van der Waals surface area contributed by atoms with Crippen molar-refractivity contribution in [2.75, 3.05) is 24.4 Å². The average Bonchev–Trinajstić information content (AvgIpc) is 2.76. The molecule has 7 heteroatoms. The molecular weight excluding hydrogens is 358 g/mol. The molecule has 1 aliphatic heterocycles. The van der Waals surface area contributed by atoms with E-state index in [-0.39, 0.29) is 12.5 Å². The van der Waals surface area contributed by atoms with Gasteiger partial charge >= 0.3 is 0 Å². The van der Waals surface area contributed by atoms with Crippen LogP contribution in [0.3, 0.4) is 0 Å². The number of anilines is 2. The number of methoxy groups -OCH3 is 1. The van der Waals surface area contributed by atoms with Crippen molar-refractivity contribution in [3.63, 3.8) is 0 Å². The van der Waals surface area contributed by atoms with Crippen molar-refractivity contribution >= 4 is 29.1 Å². The summed E-state index contributed by atoms with van der Waals surface area (Å²) in [7, 11) is 1.39. The van der Waals surface area contributed by atoms with Gasteiger partial charge in [0.2, 0.25) is 11.8 Å². The highest BCUT2D eigenvalue weighted by Gasteiger charge is 2.37. The fraction of sp³-hybridized carbons (Fsp3) is 0.286. The summed E-state index contributed by atoms with van der Waals surface area (Å²) in [6.45, 7) is 3.13. The number of carbonyl (C=O) groups is 3. The predicted octanol–water partition coefficient (Wildman–Crippen LogP) is 2.06. The summed E-state index contributed by atoms with van der Waals surface area (Å²) in [5.74, 6) is -1.88. The number of hydrogen-bond donors (Lipinski definition) is 2. The van der Waals surface area contributed by atoms with Crippen molar-refractivity contribution in [1.29, 1.82) is 0 Å². The lowest BCUT2D eigenvalue weighted by Gasteiger charge is -2.26. The van der Waals surface area contributed by atoms with Crippen molar-refractivity contribution in [3.05, 3.63) is 48.0 Å². The number of fused-ring (bicyclic) bond motifs is 3. The molecule has 2 aromatic rings. The predicted molar refractivity (Wildman–Crippen MR) is 107 cm³/mol. The lowest BCUT2D eigenvalue weighted by molar-refractivity contribution is -0.132. The first kappa shape index (κ1) is 19.6. The minimum atomic E-state index is -0.908. The SMILES string of the molecule is COCC(=O)N[C@@H](C)C(=O)N1C(=O)C(C)c2ccccc2-c2c(N)cccc21. The van der Waals surface area contributed by atoms with Gasteiger partial charge in [-0.3, -0.25) is 14.4 Å². The van der Waals surface area contributed by atoms with Gasteiger partial charge in [-0.15, -0.1) is 0 Å².